The Morgan fingerprint density at radius 3 is 2.48 bits per heavy atom. The molecular weight excluding hydrogens is 355 g/mol. The first-order valence-corrected chi connectivity index (χ1v) is 9.44. The van der Waals surface area contributed by atoms with Crippen LogP contribution in [0.4, 0.5) is 0 Å². The van der Waals surface area contributed by atoms with Gasteiger partial charge in [-0.1, -0.05) is 6.42 Å². The van der Waals surface area contributed by atoms with Crippen LogP contribution in [0.3, 0.4) is 0 Å². The lowest BCUT2D eigenvalue weighted by molar-refractivity contribution is -0.144. The van der Waals surface area contributed by atoms with Gasteiger partial charge in [0.05, 0.1) is 18.8 Å². The number of carboxylic acid groups (broad SMARTS) is 1. The first-order valence-electron chi connectivity index (χ1n) is 8.00. The maximum atomic E-state index is 12.6. The van der Waals surface area contributed by atoms with Gasteiger partial charge >= 0.3 is 13.1 Å². The third kappa shape index (κ3) is 4.31. The van der Waals surface area contributed by atoms with Crippen LogP contribution in [-0.4, -0.2) is 84.9 Å². The van der Waals surface area contributed by atoms with Crippen molar-refractivity contribution in [2.45, 2.75) is 30.2 Å². The van der Waals surface area contributed by atoms with Crippen molar-refractivity contribution in [1.29, 1.82) is 0 Å². The standard InChI is InChI=1S/C12H25BN4O7S/c14-5-11(7-24-8-11)16-25(22,23)17-4-9(2-1-3-13(20)21)12(15,6-17)10(18)19/h9,16,20-21H,1-8,14-15H2,(H,18,19)/t9-,12-/m0/s1. The molecule has 25 heavy (non-hydrogen) atoms. The van der Waals surface area contributed by atoms with Gasteiger partial charge in [0.15, 0.2) is 0 Å². The van der Waals surface area contributed by atoms with E-state index in [2.05, 4.69) is 4.72 Å². The van der Waals surface area contributed by atoms with E-state index in [0.29, 0.717) is 6.42 Å². The fourth-order valence-electron chi connectivity index (χ4n) is 3.12. The van der Waals surface area contributed by atoms with Crippen LogP contribution >= 0.6 is 0 Å². The van der Waals surface area contributed by atoms with E-state index in [1.807, 2.05) is 0 Å². The summed E-state index contributed by atoms with van der Waals surface area (Å²) in [6.07, 6.45) is 0.638. The highest BCUT2D eigenvalue weighted by Crippen LogP contribution is 2.32. The molecule has 13 heteroatoms. The average Bonchev–Trinajstić information content (AvgIpc) is 2.82. The van der Waals surface area contributed by atoms with Gasteiger partial charge in [0.25, 0.3) is 10.2 Å². The number of carboxylic acids is 1. The molecule has 11 nitrogen and oxygen atoms in total. The van der Waals surface area contributed by atoms with Gasteiger partial charge in [-0.2, -0.15) is 17.4 Å². The molecule has 0 aromatic carbocycles. The third-order valence-corrected chi connectivity index (χ3v) is 6.49. The van der Waals surface area contributed by atoms with Crippen molar-refractivity contribution in [3.05, 3.63) is 0 Å². The van der Waals surface area contributed by atoms with Crippen molar-refractivity contribution in [2.75, 3.05) is 32.8 Å². The summed E-state index contributed by atoms with van der Waals surface area (Å²) in [5.74, 6) is -1.94. The van der Waals surface area contributed by atoms with E-state index in [0.717, 1.165) is 4.31 Å². The summed E-state index contributed by atoms with van der Waals surface area (Å²) in [5.41, 5.74) is 8.98. The van der Waals surface area contributed by atoms with Crippen LogP contribution in [0.2, 0.25) is 6.32 Å². The monoisotopic (exact) mass is 380 g/mol. The Hall–Kier alpha value is -0.795. The molecule has 8 N–H and O–H groups in total. The molecule has 0 saturated carbocycles. The van der Waals surface area contributed by atoms with Crippen molar-refractivity contribution >= 4 is 23.3 Å². The Morgan fingerprint density at radius 2 is 2.04 bits per heavy atom. The second-order valence-electron chi connectivity index (χ2n) is 6.83. The molecule has 0 radical (unpaired) electrons. The molecule has 2 fully saturated rings. The largest absolute Gasteiger partial charge is 0.480 e. The third-order valence-electron chi connectivity index (χ3n) is 4.84. The quantitative estimate of drug-likeness (QED) is 0.221. The van der Waals surface area contributed by atoms with Crippen LogP contribution in [-0.2, 0) is 19.7 Å². The minimum atomic E-state index is -3.99. The maximum absolute atomic E-state index is 12.6. The van der Waals surface area contributed by atoms with E-state index in [1.54, 1.807) is 0 Å². The lowest BCUT2D eigenvalue weighted by Crippen LogP contribution is -2.68. The highest BCUT2D eigenvalue weighted by molar-refractivity contribution is 7.87. The molecule has 0 aliphatic carbocycles. The van der Waals surface area contributed by atoms with E-state index in [9.17, 15) is 18.3 Å². The zero-order chi connectivity index (χ0) is 18.9. The summed E-state index contributed by atoms with van der Waals surface area (Å²) in [4.78, 5) is 11.6. The number of aliphatic carboxylic acids is 1. The molecule has 2 saturated heterocycles. The lowest BCUT2D eigenvalue weighted by atomic mass is 9.78. The van der Waals surface area contributed by atoms with Crippen LogP contribution in [0.1, 0.15) is 12.8 Å². The van der Waals surface area contributed by atoms with Gasteiger partial charge in [-0.15, -0.1) is 0 Å². The van der Waals surface area contributed by atoms with Crippen LogP contribution in [0.15, 0.2) is 0 Å². The molecule has 2 aliphatic rings. The van der Waals surface area contributed by atoms with Crippen molar-refractivity contribution in [1.82, 2.24) is 9.03 Å². The topological polar surface area (TPSA) is 188 Å². The zero-order valence-electron chi connectivity index (χ0n) is 13.8. The Bertz CT molecular complexity index is 595. The lowest BCUT2D eigenvalue weighted by Gasteiger charge is -2.41. The molecule has 0 bridgehead atoms. The normalized spacial score (nSPS) is 29.4. The molecule has 144 valence electrons. The first kappa shape index (κ1) is 20.5. The van der Waals surface area contributed by atoms with E-state index in [4.69, 9.17) is 26.3 Å². The van der Waals surface area contributed by atoms with Crippen LogP contribution in [0.5, 0.6) is 0 Å². The number of nitrogens with two attached hydrogens (primary N) is 2. The molecule has 0 unspecified atom stereocenters. The molecule has 2 aliphatic heterocycles. The molecule has 0 amide bonds. The van der Waals surface area contributed by atoms with Gasteiger partial charge in [0.1, 0.15) is 5.54 Å². The first-order chi connectivity index (χ1) is 11.5. The van der Waals surface area contributed by atoms with Gasteiger partial charge < -0.3 is 31.4 Å². The molecule has 0 aromatic rings. The predicted octanol–water partition coefficient (Wildman–Crippen LogP) is -3.48. The highest BCUT2D eigenvalue weighted by Gasteiger charge is 2.53. The van der Waals surface area contributed by atoms with Crippen LogP contribution in [0, 0.1) is 5.92 Å². The Labute approximate surface area is 146 Å². The number of hydrogen-bond donors (Lipinski definition) is 6. The van der Waals surface area contributed by atoms with Gasteiger partial charge in [-0.3, -0.25) is 4.79 Å². The molecule has 2 atom stereocenters. The van der Waals surface area contributed by atoms with Crippen molar-refractivity contribution in [2.24, 2.45) is 17.4 Å². The number of nitrogens with zero attached hydrogens (tertiary/aromatic N) is 1. The molecule has 2 rings (SSSR count). The number of rotatable bonds is 9. The van der Waals surface area contributed by atoms with Crippen LogP contribution < -0.4 is 16.2 Å². The summed E-state index contributed by atoms with van der Waals surface area (Å²) >= 11 is 0. The zero-order valence-corrected chi connectivity index (χ0v) is 14.6. The predicted molar refractivity (Wildman–Crippen MR) is 88.5 cm³/mol. The van der Waals surface area contributed by atoms with Crippen LogP contribution in [0.25, 0.3) is 0 Å². The number of carbonyl (C=O) groups is 1. The molecule has 2 heterocycles. The Kier molecular flexibility index (Phi) is 6.11. The van der Waals surface area contributed by atoms with E-state index in [1.165, 1.54) is 0 Å². The summed E-state index contributed by atoms with van der Waals surface area (Å²) in [6, 6.07) is 0. The minimum Gasteiger partial charge on any atom is -0.480 e. The maximum Gasteiger partial charge on any atom is 0.451 e. The number of ether oxygens (including phenoxy) is 1. The van der Waals surface area contributed by atoms with Crippen molar-refractivity contribution < 1.29 is 33.1 Å². The Morgan fingerprint density at radius 1 is 1.40 bits per heavy atom. The summed E-state index contributed by atoms with van der Waals surface area (Å²) < 4.78 is 33.7. The summed E-state index contributed by atoms with van der Waals surface area (Å²) in [7, 11) is -5.49. The fourth-order valence-corrected chi connectivity index (χ4v) is 4.76. The smallest absolute Gasteiger partial charge is 0.451 e. The second kappa shape index (κ2) is 7.44. The molecular formula is C12H25BN4O7S. The van der Waals surface area contributed by atoms with Crippen molar-refractivity contribution in [3.8, 4) is 0 Å². The summed E-state index contributed by atoms with van der Waals surface area (Å²) in [5, 5.41) is 27.3. The van der Waals surface area contributed by atoms with E-state index < -0.39 is 40.3 Å². The van der Waals surface area contributed by atoms with Gasteiger partial charge in [-0.25, -0.2) is 0 Å². The highest BCUT2D eigenvalue weighted by atomic mass is 32.2. The fraction of sp³-hybridized carbons (Fsp3) is 0.917. The van der Waals surface area contributed by atoms with Gasteiger partial charge in [-0.05, 0) is 12.7 Å². The summed E-state index contributed by atoms with van der Waals surface area (Å²) in [6.45, 7) is -0.0700. The van der Waals surface area contributed by atoms with E-state index in [-0.39, 0.29) is 45.6 Å². The van der Waals surface area contributed by atoms with Gasteiger partial charge in [0.2, 0.25) is 0 Å². The number of nitrogens with one attached hydrogen (secondary N) is 1. The second-order valence-corrected chi connectivity index (χ2v) is 8.50. The average molecular weight is 380 g/mol. The van der Waals surface area contributed by atoms with Gasteiger partial charge in [0, 0.05) is 25.6 Å². The minimum absolute atomic E-state index is 0.0601. The van der Waals surface area contributed by atoms with Crippen molar-refractivity contribution in [3.63, 3.8) is 0 Å². The Balaban J connectivity index is 2.10. The number of hydrogen-bond acceptors (Lipinski definition) is 8. The molecule has 0 spiro atoms. The van der Waals surface area contributed by atoms with E-state index >= 15 is 0 Å². The molecule has 0 aromatic heterocycles. The SMILES string of the molecule is NCC1(NS(=O)(=O)N2C[C@H](CCCB(O)O)[C@](N)(C(=O)O)C2)COC1.